The second kappa shape index (κ2) is 9.48. The van der Waals surface area contributed by atoms with Gasteiger partial charge in [0.05, 0.1) is 6.61 Å². The van der Waals surface area contributed by atoms with E-state index in [2.05, 4.69) is 11.4 Å². The first-order valence-corrected chi connectivity index (χ1v) is 9.86. The Bertz CT molecular complexity index is 997. The molecule has 0 radical (unpaired) electrons. The number of benzene rings is 3. The molecule has 0 saturated heterocycles. The summed E-state index contributed by atoms with van der Waals surface area (Å²) in [7, 11) is 0. The van der Waals surface area contributed by atoms with Gasteiger partial charge in [-0.05, 0) is 80.4 Å². The van der Waals surface area contributed by atoms with Gasteiger partial charge in [-0.1, -0.05) is 23.7 Å². The van der Waals surface area contributed by atoms with Gasteiger partial charge in [-0.15, -0.1) is 0 Å². The van der Waals surface area contributed by atoms with Crippen LogP contribution in [0.15, 0.2) is 60.7 Å². The predicted octanol–water partition coefficient (Wildman–Crippen LogP) is 6.19. The SMILES string of the molecule is CCOc1ccc(C(=O)Nc2cccc(Cl)c2)cc1COc1cc(C)cc(C)c1. The molecule has 3 aromatic rings. The number of hydrogen-bond donors (Lipinski definition) is 1. The van der Waals surface area contributed by atoms with Crippen LogP contribution >= 0.6 is 11.6 Å². The highest BCUT2D eigenvalue weighted by Crippen LogP contribution is 2.25. The highest BCUT2D eigenvalue weighted by molar-refractivity contribution is 6.30. The van der Waals surface area contributed by atoms with E-state index in [-0.39, 0.29) is 5.91 Å². The molecule has 0 saturated carbocycles. The third kappa shape index (κ3) is 5.75. The Kier molecular flexibility index (Phi) is 6.78. The third-order valence-electron chi connectivity index (χ3n) is 4.29. The van der Waals surface area contributed by atoms with Crippen molar-refractivity contribution in [2.24, 2.45) is 0 Å². The fraction of sp³-hybridized carbons (Fsp3) is 0.208. The van der Waals surface area contributed by atoms with Gasteiger partial charge in [0.15, 0.2) is 0 Å². The van der Waals surface area contributed by atoms with E-state index in [1.807, 2.05) is 32.9 Å². The van der Waals surface area contributed by atoms with Gasteiger partial charge in [0.1, 0.15) is 18.1 Å². The molecule has 0 aliphatic rings. The Labute approximate surface area is 176 Å². The molecule has 3 rings (SSSR count). The van der Waals surface area contributed by atoms with Crippen molar-refractivity contribution in [1.82, 2.24) is 0 Å². The van der Waals surface area contributed by atoms with Crippen LogP contribution in [0, 0.1) is 13.8 Å². The van der Waals surface area contributed by atoms with E-state index in [1.54, 1.807) is 42.5 Å². The molecule has 29 heavy (non-hydrogen) atoms. The third-order valence-corrected chi connectivity index (χ3v) is 4.53. The molecule has 4 nitrogen and oxygen atoms in total. The molecule has 0 aliphatic carbocycles. The van der Waals surface area contributed by atoms with Crippen LogP contribution in [0.3, 0.4) is 0 Å². The minimum absolute atomic E-state index is 0.219. The maximum Gasteiger partial charge on any atom is 0.255 e. The maximum absolute atomic E-state index is 12.7. The molecule has 0 aliphatic heterocycles. The van der Waals surface area contributed by atoms with E-state index in [0.29, 0.717) is 35.2 Å². The molecule has 0 bridgehead atoms. The molecule has 0 heterocycles. The van der Waals surface area contributed by atoms with Crippen molar-refractivity contribution in [3.63, 3.8) is 0 Å². The maximum atomic E-state index is 12.7. The normalized spacial score (nSPS) is 10.5. The molecule has 3 aromatic carbocycles. The molecule has 1 N–H and O–H groups in total. The lowest BCUT2D eigenvalue weighted by atomic mass is 10.1. The lowest BCUT2D eigenvalue weighted by Crippen LogP contribution is -2.13. The molecule has 0 spiro atoms. The summed E-state index contributed by atoms with van der Waals surface area (Å²) in [6.45, 7) is 6.83. The average molecular weight is 410 g/mol. The van der Waals surface area contributed by atoms with Crippen LogP contribution in [0.2, 0.25) is 5.02 Å². The van der Waals surface area contributed by atoms with Crippen molar-refractivity contribution in [2.45, 2.75) is 27.4 Å². The van der Waals surface area contributed by atoms with Crippen molar-refractivity contribution in [3.8, 4) is 11.5 Å². The van der Waals surface area contributed by atoms with Crippen LogP contribution in [0.1, 0.15) is 34.0 Å². The topological polar surface area (TPSA) is 47.6 Å². The van der Waals surface area contributed by atoms with Crippen molar-refractivity contribution in [3.05, 3.63) is 87.9 Å². The van der Waals surface area contributed by atoms with Crippen LogP contribution in [-0.2, 0) is 6.61 Å². The fourth-order valence-electron chi connectivity index (χ4n) is 3.08. The summed E-state index contributed by atoms with van der Waals surface area (Å²) in [5.74, 6) is 1.28. The summed E-state index contributed by atoms with van der Waals surface area (Å²) in [6, 6.07) is 18.5. The summed E-state index contributed by atoms with van der Waals surface area (Å²) >= 11 is 5.99. The summed E-state index contributed by atoms with van der Waals surface area (Å²) in [6.07, 6.45) is 0. The van der Waals surface area contributed by atoms with Crippen molar-refractivity contribution >= 4 is 23.2 Å². The fourth-order valence-corrected chi connectivity index (χ4v) is 3.27. The number of nitrogens with one attached hydrogen (secondary N) is 1. The smallest absolute Gasteiger partial charge is 0.255 e. The van der Waals surface area contributed by atoms with Gasteiger partial charge >= 0.3 is 0 Å². The van der Waals surface area contributed by atoms with Gasteiger partial charge in [0.2, 0.25) is 0 Å². The summed E-state index contributed by atoms with van der Waals surface area (Å²) in [5, 5.41) is 3.43. The molecule has 5 heteroatoms. The summed E-state index contributed by atoms with van der Waals surface area (Å²) < 4.78 is 11.7. The number of hydrogen-bond acceptors (Lipinski definition) is 3. The second-order valence-corrected chi connectivity index (χ2v) is 7.27. The minimum atomic E-state index is -0.219. The monoisotopic (exact) mass is 409 g/mol. The Morgan fingerprint density at radius 3 is 2.41 bits per heavy atom. The Hall–Kier alpha value is -2.98. The molecule has 1 amide bonds. The van der Waals surface area contributed by atoms with Crippen LogP contribution in [0.25, 0.3) is 0 Å². The van der Waals surface area contributed by atoms with Crippen molar-refractivity contribution in [1.29, 1.82) is 0 Å². The lowest BCUT2D eigenvalue weighted by Gasteiger charge is -2.14. The van der Waals surface area contributed by atoms with E-state index < -0.39 is 0 Å². The second-order valence-electron chi connectivity index (χ2n) is 6.83. The number of anilines is 1. The number of aryl methyl sites for hydroxylation is 2. The van der Waals surface area contributed by atoms with Crippen LogP contribution in [0.5, 0.6) is 11.5 Å². The van der Waals surface area contributed by atoms with E-state index in [4.69, 9.17) is 21.1 Å². The van der Waals surface area contributed by atoms with Crippen LogP contribution in [-0.4, -0.2) is 12.5 Å². The van der Waals surface area contributed by atoms with Gasteiger partial charge in [0, 0.05) is 21.8 Å². The van der Waals surface area contributed by atoms with Crippen LogP contribution < -0.4 is 14.8 Å². The first-order valence-electron chi connectivity index (χ1n) is 9.48. The molecular formula is C24H24ClNO3. The number of carbonyl (C=O) groups excluding carboxylic acids is 1. The Morgan fingerprint density at radius 2 is 1.72 bits per heavy atom. The molecule has 0 unspecified atom stereocenters. The number of amides is 1. The molecule has 0 atom stereocenters. The highest BCUT2D eigenvalue weighted by atomic mass is 35.5. The number of halogens is 1. The largest absolute Gasteiger partial charge is 0.493 e. The van der Waals surface area contributed by atoms with Crippen molar-refractivity contribution in [2.75, 3.05) is 11.9 Å². The van der Waals surface area contributed by atoms with Crippen molar-refractivity contribution < 1.29 is 14.3 Å². The molecule has 150 valence electrons. The van der Waals surface area contributed by atoms with Gasteiger partial charge in [-0.2, -0.15) is 0 Å². The quantitative estimate of drug-likeness (QED) is 0.506. The molecule has 0 aromatic heterocycles. The van der Waals surface area contributed by atoms with Gasteiger partial charge in [0.25, 0.3) is 5.91 Å². The zero-order chi connectivity index (χ0) is 20.8. The van der Waals surface area contributed by atoms with E-state index in [1.165, 1.54) is 0 Å². The predicted molar refractivity (Wildman–Crippen MR) is 117 cm³/mol. The molecular weight excluding hydrogens is 386 g/mol. The van der Waals surface area contributed by atoms with E-state index in [9.17, 15) is 4.79 Å². The first-order chi connectivity index (χ1) is 13.9. The summed E-state index contributed by atoms with van der Waals surface area (Å²) in [5.41, 5.74) is 4.25. The minimum Gasteiger partial charge on any atom is -0.493 e. The van der Waals surface area contributed by atoms with Gasteiger partial charge in [-0.25, -0.2) is 0 Å². The average Bonchev–Trinajstić information content (AvgIpc) is 2.66. The lowest BCUT2D eigenvalue weighted by molar-refractivity contribution is 0.102. The number of carbonyl (C=O) groups is 1. The van der Waals surface area contributed by atoms with E-state index >= 15 is 0 Å². The molecule has 0 fully saturated rings. The zero-order valence-electron chi connectivity index (χ0n) is 16.8. The Balaban J connectivity index is 1.80. The number of rotatable bonds is 7. The zero-order valence-corrected chi connectivity index (χ0v) is 17.5. The van der Waals surface area contributed by atoms with E-state index in [0.717, 1.165) is 22.4 Å². The standard InChI is InChI=1S/C24H24ClNO3/c1-4-28-23-9-8-18(24(27)26-21-7-5-6-20(25)14-21)13-19(23)15-29-22-11-16(2)10-17(3)12-22/h5-14H,4,15H2,1-3H3,(H,26,27). The van der Waals surface area contributed by atoms with Gasteiger partial charge in [-0.3, -0.25) is 4.79 Å². The van der Waals surface area contributed by atoms with Crippen LogP contribution in [0.4, 0.5) is 5.69 Å². The highest BCUT2D eigenvalue weighted by Gasteiger charge is 2.12. The Morgan fingerprint density at radius 1 is 0.966 bits per heavy atom. The van der Waals surface area contributed by atoms with Gasteiger partial charge < -0.3 is 14.8 Å². The summed E-state index contributed by atoms with van der Waals surface area (Å²) in [4.78, 5) is 12.7. The first kappa shape index (κ1) is 20.7. The number of ether oxygens (including phenoxy) is 2.